The molecule has 1 heterocycles. The zero-order chi connectivity index (χ0) is 23.2. The van der Waals surface area contributed by atoms with Crippen molar-refractivity contribution >= 4 is 17.0 Å². The fourth-order valence-electron chi connectivity index (χ4n) is 2.88. The van der Waals surface area contributed by atoms with Gasteiger partial charge in [-0.3, -0.25) is 5.10 Å². The Morgan fingerprint density at radius 3 is 2.55 bits per heavy atom. The molecule has 0 aliphatic rings. The van der Waals surface area contributed by atoms with Crippen LogP contribution in [0.4, 0.5) is 9.18 Å². The summed E-state index contributed by atoms with van der Waals surface area (Å²) in [7, 11) is 1.65. The number of likely N-dealkylation sites (N-methyl/N-ethyl adjacent to an activating group) is 1. The number of carbonyl (C=O) groups is 1. The molecule has 1 amide bonds. The number of H-pyrrole nitrogens is 1. The number of ether oxygens (including phenoxy) is 2. The summed E-state index contributed by atoms with van der Waals surface area (Å²) >= 11 is 0. The van der Waals surface area contributed by atoms with Crippen LogP contribution in [0.3, 0.4) is 0 Å². The number of aromatic amines is 1. The van der Waals surface area contributed by atoms with Gasteiger partial charge in [-0.05, 0) is 63.6 Å². The Kier molecular flexibility index (Phi) is 8.02. The third-order valence-electron chi connectivity index (χ3n) is 4.39. The molecule has 1 N–H and O–H groups in total. The average Bonchev–Trinajstić information content (AvgIpc) is 3.09. The zero-order valence-corrected chi connectivity index (χ0v) is 19.4. The fourth-order valence-corrected chi connectivity index (χ4v) is 2.88. The van der Waals surface area contributed by atoms with Crippen molar-refractivity contribution in [2.75, 3.05) is 20.2 Å². The number of aromatic nitrogens is 2. The molecule has 1 aromatic heterocycles. The largest absolute Gasteiger partial charge is 0.491 e. The van der Waals surface area contributed by atoms with E-state index in [4.69, 9.17) is 9.47 Å². The van der Waals surface area contributed by atoms with E-state index in [9.17, 15) is 9.18 Å². The first-order valence-corrected chi connectivity index (χ1v) is 10.5. The van der Waals surface area contributed by atoms with Gasteiger partial charge in [0.2, 0.25) is 0 Å². The number of halogens is 1. The molecule has 7 heteroatoms. The Bertz CT molecular complexity index is 1020. The summed E-state index contributed by atoms with van der Waals surface area (Å²) < 4.78 is 25.1. The summed E-state index contributed by atoms with van der Waals surface area (Å²) in [5.41, 5.74) is 2.72. The molecule has 0 aliphatic carbocycles. The average molecular weight is 430 g/mol. The maximum absolute atomic E-state index is 13.9. The number of rotatable bonds is 5. The van der Waals surface area contributed by atoms with Crippen LogP contribution in [-0.2, 0) is 4.74 Å². The number of aryl methyl sites for hydroxylation is 1. The molecule has 0 saturated carbocycles. The highest BCUT2D eigenvalue weighted by molar-refractivity contribution is 5.87. The van der Waals surface area contributed by atoms with Crippen LogP contribution >= 0.6 is 0 Å². The van der Waals surface area contributed by atoms with E-state index >= 15 is 0 Å². The summed E-state index contributed by atoms with van der Waals surface area (Å²) in [5.74, 6) is 0.201. The van der Waals surface area contributed by atoms with Crippen LogP contribution in [0.2, 0.25) is 0 Å². The van der Waals surface area contributed by atoms with E-state index in [-0.39, 0.29) is 12.4 Å². The lowest BCUT2D eigenvalue weighted by molar-refractivity contribution is 0.0278. The normalized spacial score (nSPS) is 11.0. The minimum atomic E-state index is -0.555. The van der Waals surface area contributed by atoms with E-state index in [1.807, 2.05) is 59.7 Å². The molecule has 6 nitrogen and oxygen atoms in total. The van der Waals surface area contributed by atoms with Crippen molar-refractivity contribution in [3.05, 3.63) is 47.9 Å². The number of nitrogens with one attached hydrogen (secondary N) is 1. The highest BCUT2D eigenvalue weighted by Crippen LogP contribution is 2.33. The molecule has 0 radical (unpaired) electrons. The van der Waals surface area contributed by atoms with Crippen molar-refractivity contribution in [2.45, 2.75) is 47.1 Å². The van der Waals surface area contributed by atoms with E-state index in [0.29, 0.717) is 17.9 Å². The molecule has 0 aliphatic heterocycles. The molecule has 168 valence electrons. The second-order valence-electron chi connectivity index (χ2n) is 7.97. The van der Waals surface area contributed by atoms with Gasteiger partial charge in [0.1, 0.15) is 23.8 Å². The predicted molar refractivity (Wildman–Crippen MR) is 122 cm³/mol. The first-order chi connectivity index (χ1) is 14.6. The van der Waals surface area contributed by atoms with E-state index in [2.05, 4.69) is 10.2 Å². The number of nitrogens with zero attached hydrogens (tertiary/aromatic N) is 2. The Hall–Kier alpha value is -3.09. The molecule has 0 atom stereocenters. The molecule has 3 aromatic rings. The van der Waals surface area contributed by atoms with Gasteiger partial charge in [-0.2, -0.15) is 5.10 Å². The SMILES string of the molecule is CC.Cc1[nH]nc2ccc(-c3cc(F)ccc3OCCN(C)C(=O)OC(C)(C)C)cc12. The molecular formula is C24H32FN3O3. The first-order valence-electron chi connectivity index (χ1n) is 10.5. The van der Waals surface area contributed by atoms with Crippen LogP contribution in [0.15, 0.2) is 36.4 Å². The molecule has 2 aromatic carbocycles. The van der Waals surface area contributed by atoms with Crippen molar-refractivity contribution in [1.29, 1.82) is 0 Å². The molecule has 0 bridgehead atoms. The summed E-state index contributed by atoms with van der Waals surface area (Å²) in [4.78, 5) is 13.5. The van der Waals surface area contributed by atoms with Gasteiger partial charge in [0.05, 0.1) is 12.1 Å². The molecule has 31 heavy (non-hydrogen) atoms. The number of amides is 1. The van der Waals surface area contributed by atoms with Crippen molar-refractivity contribution in [3.8, 4) is 16.9 Å². The lowest BCUT2D eigenvalue weighted by atomic mass is 10.0. The highest BCUT2D eigenvalue weighted by Gasteiger charge is 2.19. The van der Waals surface area contributed by atoms with Crippen molar-refractivity contribution in [2.24, 2.45) is 0 Å². The topological polar surface area (TPSA) is 67.5 Å². The highest BCUT2D eigenvalue weighted by atomic mass is 19.1. The van der Waals surface area contributed by atoms with Gasteiger partial charge in [-0.15, -0.1) is 0 Å². The van der Waals surface area contributed by atoms with Gasteiger partial charge in [-0.25, -0.2) is 9.18 Å². The Morgan fingerprint density at radius 1 is 1.16 bits per heavy atom. The molecule has 3 rings (SSSR count). The Balaban J connectivity index is 0.00000166. The van der Waals surface area contributed by atoms with E-state index in [1.54, 1.807) is 13.1 Å². The standard InChI is InChI=1S/C22H26FN3O3.C2H6/c1-14-17-12-15(6-8-19(17)25-24-14)18-13-16(23)7-9-20(18)28-11-10-26(5)21(27)29-22(2,3)4;1-2/h6-9,12-13H,10-11H2,1-5H3,(H,24,25);1-2H3. The van der Waals surface area contributed by atoms with Gasteiger partial charge in [0, 0.05) is 23.7 Å². The van der Waals surface area contributed by atoms with Crippen LogP contribution in [0, 0.1) is 12.7 Å². The van der Waals surface area contributed by atoms with Crippen LogP contribution in [0.5, 0.6) is 5.75 Å². The summed E-state index contributed by atoms with van der Waals surface area (Å²) in [6.07, 6.45) is -0.415. The van der Waals surface area contributed by atoms with Crippen LogP contribution < -0.4 is 4.74 Å². The van der Waals surface area contributed by atoms with Gasteiger partial charge >= 0.3 is 6.09 Å². The molecule has 0 unspecified atom stereocenters. The van der Waals surface area contributed by atoms with Crippen molar-refractivity contribution < 1.29 is 18.7 Å². The smallest absolute Gasteiger partial charge is 0.410 e. The number of hydrogen-bond donors (Lipinski definition) is 1. The van der Waals surface area contributed by atoms with Crippen molar-refractivity contribution in [1.82, 2.24) is 15.1 Å². The number of fused-ring (bicyclic) bond motifs is 1. The summed E-state index contributed by atoms with van der Waals surface area (Å²) in [6.45, 7) is 12.0. The van der Waals surface area contributed by atoms with Gasteiger partial charge < -0.3 is 14.4 Å². The van der Waals surface area contributed by atoms with E-state index < -0.39 is 11.7 Å². The lowest BCUT2D eigenvalue weighted by Crippen LogP contribution is -2.36. The molecule has 0 spiro atoms. The summed E-state index contributed by atoms with van der Waals surface area (Å²) in [6, 6.07) is 10.1. The molecule has 0 fully saturated rings. The second-order valence-corrected chi connectivity index (χ2v) is 7.97. The molecule has 0 saturated heterocycles. The van der Waals surface area contributed by atoms with Crippen molar-refractivity contribution in [3.63, 3.8) is 0 Å². The minimum Gasteiger partial charge on any atom is -0.491 e. The lowest BCUT2D eigenvalue weighted by Gasteiger charge is -2.24. The third kappa shape index (κ3) is 6.44. The number of hydrogen-bond acceptors (Lipinski definition) is 4. The van der Waals surface area contributed by atoms with Crippen LogP contribution in [0.25, 0.3) is 22.0 Å². The predicted octanol–water partition coefficient (Wildman–Crippen LogP) is 5.95. The monoisotopic (exact) mass is 429 g/mol. The maximum Gasteiger partial charge on any atom is 0.410 e. The van der Waals surface area contributed by atoms with Gasteiger partial charge in [0.25, 0.3) is 0 Å². The minimum absolute atomic E-state index is 0.251. The van der Waals surface area contributed by atoms with E-state index in [1.165, 1.54) is 17.0 Å². The maximum atomic E-state index is 13.9. The third-order valence-corrected chi connectivity index (χ3v) is 4.39. The number of benzene rings is 2. The Labute approximate surface area is 183 Å². The van der Waals surface area contributed by atoms with E-state index in [0.717, 1.165) is 22.2 Å². The van der Waals surface area contributed by atoms with Crippen LogP contribution in [-0.4, -0.2) is 47.0 Å². The molecular weight excluding hydrogens is 397 g/mol. The van der Waals surface area contributed by atoms with Gasteiger partial charge in [0.15, 0.2) is 0 Å². The van der Waals surface area contributed by atoms with Crippen LogP contribution in [0.1, 0.15) is 40.3 Å². The summed E-state index contributed by atoms with van der Waals surface area (Å²) in [5, 5.41) is 8.15. The van der Waals surface area contributed by atoms with Gasteiger partial charge in [-0.1, -0.05) is 19.9 Å². The first kappa shape index (κ1) is 24.2. The second kappa shape index (κ2) is 10.3. The zero-order valence-electron chi connectivity index (χ0n) is 19.4. The fraction of sp³-hybridized carbons (Fsp3) is 0.417. The quantitative estimate of drug-likeness (QED) is 0.544. The Morgan fingerprint density at radius 2 is 1.87 bits per heavy atom. The number of carbonyl (C=O) groups excluding carboxylic acids is 1.